The fourth-order valence-corrected chi connectivity index (χ4v) is 2.58. The van der Waals surface area contributed by atoms with Crippen molar-refractivity contribution in [2.75, 3.05) is 13.7 Å². The van der Waals surface area contributed by atoms with Crippen LogP contribution < -0.4 is 15.4 Å². The number of guanidine groups is 1. The summed E-state index contributed by atoms with van der Waals surface area (Å²) in [5, 5.41) is 6.37. The van der Waals surface area contributed by atoms with Gasteiger partial charge in [-0.05, 0) is 55.0 Å². The van der Waals surface area contributed by atoms with E-state index >= 15 is 0 Å². The third kappa shape index (κ3) is 5.64. The molecule has 1 aliphatic rings. The zero-order valence-electron chi connectivity index (χ0n) is 15.5. The van der Waals surface area contributed by atoms with Gasteiger partial charge in [0, 0.05) is 25.9 Å². The Hall–Kier alpha value is -2.70. The van der Waals surface area contributed by atoms with Gasteiger partial charge in [-0.15, -0.1) is 0 Å². The first-order valence-corrected chi connectivity index (χ1v) is 9.05. The Kier molecular flexibility index (Phi) is 6.21. The van der Waals surface area contributed by atoms with Crippen molar-refractivity contribution in [3.63, 3.8) is 0 Å². The second-order valence-corrected chi connectivity index (χ2v) is 6.72. The Labute approximate surface area is 157 Å². The minimum Gasteiger partial charge on any atom is -0.477 e. The van der Waals surface area contributed by atoms with Gasteiger partial charge in [-0.2, -0.15) is 0 Å². The van der Waals surface area contributed by atoms with Gasteiger partial charge >= 0.3 is 0 Å². The fraction of sp³-hybridized carbons (Fsp3) is 0.400. The number of benzene rings is 1. The van der Waals surface area contributed by atoms with Crippen molar-refractivity contribution in [1.29, 1.82) is 0 Å². The second kappa shape index (κ2) is 8.79. The first-order valence-electron chi connectivity index (χ1n) is 9.05. The van der Waals surface area contributed by atoms with Crippen molar-refractivity contribution in [3.05, 3.63) is 59.3 Å². The largest absolute Gasteiger partial charge is 0.477 e. The second-order valence-electron chi connectivity index (χ2n) is 6.72. The Morgan fingerprint density at radius 3 is 2.78 bits per heavy atom. The highest BCUT2D eigenvalue weighted by Crippen LogP contribution is 2.29. The number of halogens is 2. The molecule has 1 fully saturated rings. The van der Waals surface area contributed by atoms with E-state index in [9.17, 15) is 8.78 Å². The molecule has 0 amide bonds. The van der Waals surface area contributed by atoms with Crippen LogP contribution in [-0.2, 0) is 6.54 Å². The van der Waals surface area contributed by atoms with Crippen LogP contribution in [0.3, 0.4) is 0 Å². The normalized spacial score (nSPS) is 15.3. The van der Waals surface area contributed by atoms with E-state index in [1.807, 2.05) is 19.1 Å². The first kappa shape index (κ1) is 19.1. The molecule has 5 nitrogen and oxygen atoms in total. The SMILES string of the molecule is CN=C(NCc1ccnc(OCC2CC2)c1)NC(C)c1ccc(F)c(F)c1. The van der Waals surface area contributed by atoms with Gasteiger partial charge in [0.15, 0.2) is 17.6 Å². The smallest absolute Gasteiger partial charge is 0.213 e. The van der Waals surface area contributed by atoms with Gasteiger partial charge in [0.2, 0.25) is 5.88 Å². The summed E-state index contributed by atoms with van der Waals surface area (Å²) in [6.07, 6.45) is 4.19. The number of hydrogen-bond acceptors (Lipinski definition) is 3. The summed E-state index contributed by atoms with van der Waals surface area (Å²) in [4.78, 5) is 8.41. The minimum absolute atomic E-state index is 0.235. The molecule has 0 saturated heterocycles. The van der Waals surface area contributed by atoms with E-state index in [1.54, 1.807) is 19.3 Å². The summed E-state index contributed by atoms with van der Waals surface area (Å²) in [6.45, 7) is 3.11. The predicted molar refractivity (Wildman–Crippen MR) is 101 cm³/mol. The Morgan fingerprint density at radius 2 is 2.07 bits per heavy atom. The molecule has 0 aliphatic heterocycles. The fourth-order valence-electron chi connectivity index (χ4n) is 2.58. The minimum atomic E-state index is -0.861. The van der Waals surface area contributed by atoms with E-state index < -0.39 is 11.6 Å². The van der Waals surface area contributed by atoms with Crippen molar-refractivity contribution in [2.45, 2.75) is 32.4 Å². The maximum Gasteiger partial charge on any atom is 0.213 e. The van der Waals surface area contributed by atoms with Gasteiger partial charge in [0.25, 0.3) is 0 Å². The Balaban J connectivity index is 1.53. The van der Waals surface area contributed by atoms with Crippen LogP contribution in [-0.4, -0.2) is 24.6 Å². The van der Waals surface area contributed by atoms with Crippen molar-refractivity contribution in [2.24, 2.45) is 10.9 Å². The number of rotatable bonds is 7. The lowest BCUT2D eigenvalue weighted by Gasteiger charge is -2.18. The van der Waals surface area contributed by atoms with Crippen molar-refractivity contribution in [3.8, 4) is 5.88 Å². The van der Waals surface area contributed by atoms with E-state index in [1.165, 1.54) is 18.9 Å². The summed E-state index contributed by atoms with van der Waals surface area (Å²) >= 11 is 0. The number of pyridine rings is 1. The molecule has 3 rings (SSSR count). The molecular weight excluding hydrogens is 350 g/mol. The topological polar surface area (TPSA) is 58.5 Å². The maximum atomic E-state index is 13.4. The van der Waals surface area contributed by atoms with Crippen LogP contribution in [0.1, 0.15) is 36.9 Å². The molecule has 0 bridgehead atoms. The summed E-state index contributed by atoms with van der Waals surface area (Å²) in [5.74, 6) is 0.142. The Morgan fingerprint density at radius 1 is 1.26 bits per heavy atom. The first-order chi connectivity index (χ1) is 13.0. The lowest BCUT2D eigenvalue weighted by molar-refractivity contribution is 0.288. The van der Waals surface area contributed by atoms with Crippen LogP contribution in [0.15, 0.2) is 41.5 Å². The molecule has 1 aliphatic carbocycles. The van der Waals surface area contributed by atoms with Gasteiger partial charge in [0.1, 0.15) is 0 Å². The highest BCUT2D eigenvalue weighted by molar-refractivity contribution is 5.80. The molecule has 1 unspecified atom stereocenters. The number of nitrogens with one attached hydrogen (secondary N) is 2. The van der Waals surface area contributed by atoms with Crippen LogP contribution in [0.4, 0.5) is 8.78 Å². The van der Waals surface area contributed by atoms with Gasteiger partial charge in [-0.1, -0.05) is 6.07 Å². The summed E-state index contributed by atoms with van der Waals surface area (Å²) in [6, 6.07) is 7.44. The number of hydrogen-bond donors (Lipinski definition) is 2. The van der Waals surface area contributed by atoms with Gasteiger partial charge in [0.05, 0.1) is 12.6 Å². The molecule has 1 atom stereocenters. The van der Waals surface area contributed by atoms with Crippen molar-refractivity contribution < 1.29 is 13.5 Å². The quantitative estimate of drug-likeness (QED) is 0.575. The molecule has 1 saturated carbocycles. The van der Waals surface area contributed by atoms with E-state index in [4.69, 9.17) is 4.74 Å². The van der Waals surface area contributed by atoms with Gasteiger partial charge in [-0.25, -0.2) is 13.8 Å². The number of aliphatic imine (C=N–C) groups is 1. The summed E-state index contributed by atoms with van der Waals surface area (Å²) in [5.41, 5.74) is 1.65. The molecule has 2 aromatic rings. The lowest BCUT2D eigenvalue weighted by atomic mass is 10.1. The average Bonchev–Trinajstić information content (AvgIpc) is 3.50. The number of ether oxygens (including phenoxy) is 1. The van der Waals surface area contributed by atoms with Crippen LogP contribution in [0.2, 0.25) is 0 Å². The maximum absolute atomic E-state index is 13.4. The monoisotopic (exact) mass is 374 g/mol. The molecule has 0 spiro atoms. The van der Waals surface area contributed by atoms with E-state index in [0.29, 0.717) is 29.9 Å². The molecule has 1 aromatic heterocycles. The molecule has 27 heavy (non-hydrogen) atoms. The van der Waals surface area contributed by atoms with Crippen molar-refractivity contribution >= 4 is 5.96 Å². The molecule has 2 N–H and O–H groups in total. The third-order valence-electron chi connectivity index (χ3n) is 4.44. The molecule has 1 aromatic carbocycles. The molecule has 0 radical (unpaired) electrons. The predicted octanol–water partition coefficient (Wildman–Crippen LogP) is 3.57. The molecule has 144 valence electrons. The van der Waals surface area contributed by atoms with Crippen LogP contribution in [0.5, 0.6) is 5.88 Å². The van der Waals surface area contributed by atoms with E-state index in [0.717, 1.165) is 18.2 Å². The average molecular weight is 374 g/mol. The third-order valence-corrected chi connectivity index (χ3v) is 4.44. The molecule has 1 heterocycles. The summed E-state index contributed by atoms with van der Waals surface area (Å²) in [7, 11) is 1.66. The van der Waals surface area contributed by atoms with Gasteiger partial charge < -0.3 is 15.4 Å². The van der Waals surface area contributed by atoms with Crippen LogP contribution in [0.25, 0.3) is 0 Å². The van der Waals surface area contributed by atoms with E-state index in [2.05, 4.69) is 20.6 Å². The number of nitrogens with zero attached hydrogens (tertiary/aromatic N) is 2. The van der Waals surface area contributed by atoms with Crippen LogP contribution in [0, 0.1) is 17.6 Å². The molecule has 7 heteroatoms. The standard InChI is InChI=1S/C20H24F2N4O/c1-13(16-5-6-17(21)18(22)10-16)26-20(23-2)25-11-15-7-8-24-19(9-15)27-12-14-3-4-14/h5-10,13-14H,3-4,11-12H2,1-2H3,(H2,23,25,26). The highest BCUT2D eigenvalue weighted by atomic mass is 19.2. The van der Waals surface area contributed by atoms with Gasteiger partial charge in [-0.3, -0.25) is 4.99 Å². The zero-order valence-corrected chi connectivity index (χ0v) is 15.5. The zero-order chi connectivity index (χ0) is 19.2. The van der Waals surface area contributed by atoms with E-state index in [-0.39, 0.29) is 6.04 Å². The highest BCUT2D eigenvalue weighted by Gasteiger charge is 2.22. The van der Waals surface area contributed by atoms with Crippen LogP contribution >= 0.6 is 0 Å². The molecular formula is C20H24F2N4O. The number of aromatic nitrogens is 1. The Bertz CT molecular complexity index is 808. The summed E-state index contributed by atoms with van der Waals surface area (Å²) < 4.78 is 32.2. The lowest BCUT2D eigenvalue weighted by Crippen LogP contribution is -2.38. The van der Waals surface area contributed by atoms with Crippen molar-refractivity contribution in [1.82, 2.24) is 15.6 Å².